The minimum absolute atomic E-state index is 0.903. The molecule has 32 aromatic rings. The van der Waals surface area contributed by atoms with Crippen LogP contribution >= 0.6 is 0 Å². The number of benzene rings is 26. The lowest BCUT2D eigenvalue weighted by Gasteiger charge is -2.18. The molecular weight excluding hydrogens is 1750 g/mol. The molecule has 6 nitrogen and oxygen atoms in total. The van der Waals surface area contributed by atoms with E-state index in [0.29, 0.717) is 0 Å². The third kappa shape index (κ3) is 12.9. The maximum Gasteiger partial charge on any atom is 0.143 e. The lowest BCUT2D eigenvalue weighted by Crippen LogP contribution is -1.91. The minimum atomic E-state index is 0.903. The van der Waals surface area contributed by atoms with E-state index in [9.17, 15) is 0 Å². The molecule has 32 rings (SSSR count). The first-order chi connectivity index (χ1) is 71.3. The highest BCUT2D eigenvalue weighted by molar-refractivity contribution is 6.28. The fourth-order valence-electron chi connectivity index (χ4n) is 23.5. The number of fused-ring (bicyclic) bond motifs is 27. The summed E-state index contributed by atoms with van der Waals surface area (Å²) >= 11 is 0. The van der Waals surface area contributed by atoms with Crippen LogP contribution in [0.25, 0.3) is 318 Å². The molecule has 6 heteroatoms. The van der Waals surface area contributed by atoms with Crippen molar-refractivity contribution in [3.8, 4) is 89.0 Å². The zero-order valence-corrected chi connectivity index (χ0v) is 77.6. The summed E-state index contributed by atoms with van der Waals surface area (Å²) in [5.41, 5.74) is 30.1. The monoisotopic (exact) mass is 1830 g/mol. The SMILES string of the molecule is c1cc(-c2c3ccccc3c(-c3ccc4oc5cc6ccccc6cc5c4c3)c3ccccc23)cc(-c2cccc3c2oc2ccccc23)c1.c1ccc2cc3c(cc2c1)oc1ccc(-c2c4ccccc4c(-c4ccc(-c5ccc6oc7ccccc7c6c5)cc4)c4ccccc24)cc13.c1ccc2cc3c(cc2c1)oc1ccc(-c2c4ccccc4c(-c4ccc5oc6ccccc6c5c4)c4ccccc24)cc13. The summed E-state index contributed by atoms with van der Waals surface area (Å²) in [7, 11) is 0. The molecule has 0 saturated carbocycles. The van der Waals surface area contributed by atoms with Gasteiger partial charge in [-0.2, -0.15) is 0 Å². The first-order valence-corrected chi connectivity index (χ1v) is 49.2. The van der Waals surface area contributed by atoms with Crippen molar-refractivity contribution in [3.05, 3.63) is 485 Å². The van der Waals surface area contributed by atoms with E-state index in [2.05, 4.69) is 449 Å². The molecule has 0 aliphatic carbocycles. The van der Waals surface area contributed by atoms with Gasteiger partial charge in [0.15, 0.2) is 0 Å². The second-order valence-corrected chi connectivity index (χ2v) is 38.1. The van der Waals surface area contributed by atoms with Crippen molar-refractivity contribution in [3.63, 3.8) is 0 Å². The zero-order chi connectivity index (χ0) is 94.3. The maximum absolute atomic E-state index is 6.45. The number of hydrogen-bond acceptors (Lipinski definition) is 6. The fraction of sp³-hybridized carbons (Fsp3) is 0. The summed E-state index contributed by atoms with van der Waals surface area (Å²) in [5.74, 6) is 0. The van der Waals surface area contributed by atoms with Crippen molar-refractivity contribution < 1.29 is 26.5 Å². The summed E-state index contributed by atoms with van der Waals surface area (Å²) in [5, 5.41) is 35.7. The highest BCUT2D eigenvalue weighted by Crippen LogP contribution is 2.53. The third-order valence-electron chi connectivity index (χ3n) is 30.1. The van der Waals surface area contributed by atoms with E-state index in [-0.39, 0.29) is 0 Å². The molecule has 0 aliphatic heterocycles. The lowest BCUT2D eigenvalue weighted by molar-refractivity contribution is 0.668. The Morgan fingerprint density at radius 2 is 0.306 bits per heavy atom. The Labute approximate surface area is 823 Å². The maximum atomic E-state index is 6.45. The van der Waals surface area contributed by atoms with E-state index in [1.54, 1.807) is 0 Å². The van der Waals surface area contributed by atoms with E-state index < -0.39 is 0 Å². The van der Waals surface area contributed by atoms with Crippen LogP contribution in [0.4, 0.5) is 0 Å². The second-order valence-electron chi connectivity index (χ2n) is 38.1. The summed E-state index contributed by atoms with van der Waals surface area (Å²) in [4.78, 5) is 0. The fourth-order valence-corrected chi connectivity index (χ4v) is 23.5. The molecule has 0 atom stereocenters. The first kappa shape index (κ1) is 80.9. The van der Waals surface area contributed by atoms with E-state index in [1.807, 2.05) is 36.4 Å². The molecule has 668 valence electrons. The van der Waals surface area contributed by atoms with Crippen molar-refractivity contribution in [1.29, 1.82) is 0 Å². The molecule has 0 unspecified atom stereocenters. The summed E-state index contributed by atoms with van der Waals surface area (Å²) in [6, 6.07) is 174. The smallest absolute Gasteiger partial charge is 0.143 e. The van der Waals surface area contributed by atoms with Gasteiger partial charge in [0, 0.05) is 70.2 Å². The van der Waals surface area contributed by atoms with E-state index in [1.165, 1.54) is 175 Å². The Hall–Kier alpha value is -19.1. The molecule has 0 saturated heterocycles. The van der Waals surface area contributed by atoms with Crippen molar-refractivity contribution >= 4 is 229 Å². The molecule has 6 aromatic heterocycles. The molecule has 0 spiro atoms. The Kier molecular flexibility index (Phi) is 18.1. The van der Waals surface area contributed by atoms with Gasteiger partial charge in [-0.3, -0.25) is 0 Å². The average Bonchev–Trinajstić information content (AvgIpc) is 1.25. The van der Waals surface area contributed by atoms with E-state index in [0.717, 1.165) is 143 Å². The van der Waals surface area contributed by atoms with Crippen LogP contribution in [0.3, 0.4) is 0 Å². The van der Waals surface area contributed by atoms with Gasteiger partial charge in [-0.15, -0.1) is 0 Å². The van der Waals surface area contributed by atoms with Crippen LogP contribution < -0.4 is 0 Å². The Morgan fingerprint density at radius 3 is 0.646 bits per heavy atom. The van der Waals surface area contributed by atoms with Crippen molar-refractivity contribution in [2.24, 2.45) is 0 Å². The number of hydrogen-bond donors (Lipinski definition) is 0. The topological polar surface area (TPSA) is 78.8 Å². The predicted octanol–water partition coefficient (Wildman–Crippen LogP) is 40.2. The van der Waals surface area contributed by atoms with Gasteiger partial charge in [0.05, 0.1) is 0 Å². The van der Waals surface area contributed by atoms with Crippen molar-refractivity contribution in [2.75, 3.05) is 0 Å². The van der Waals surface area contributed by atoms with Crippen LogP contribution in [0, 0.1) is 0 Å². The third-order valence-corrected chi connectivity index (χ3v) is 30.1. The van der Waals surface area contributed by atoms with Crippen LogP contribution in [0.5, 0.6) is 0 Å². The van der Waals surface area contributed by atoms with Gasteiger partial charge in [-0.25, -0.2) is 0 Å². The largest absolute Gasteiger partial charge is 0.456 e. The van der Waals surface area contributed by atoms with Crippen LogP contribution in [-0.2, 0) is 0 Å². The quantitative estimate of drug-likeness (QED) is 0.141. The van der Waals surface area contributed by atoms with E-state index in [4.69, 9.17) is 26.5 Å². The molecule has 0 N–H and O–H groups in total. The molecule has 6 heterocycles. The summed E-state index contributed by atoms with van der Waals surface area (Å²) < 4.78 is 37.8. The molecular formula is C138H80O6. The molecule has 0 bridgehead atoms. The molecule has 26 aromatic carbocycles. The minimum Gasteiger partial charge on any atom is -0.456 e. The van der Waals surface area contributed by atoms with Gasteiger partial charge in [-0.05, 0) is 302 Å². The van der Waals surface area contributed by atoms with Gasteiger partial charge in [-0.1, -0.05) is 364 Å². The highest BCUT2D eigenvalue weighted by atomic mass is 16.3. The number of furan rings is 6. The number of rotatable bonds is 8. The Morgan fingerprint density at radius 1 is 0.0972 bits per heavy atom. The normalized spacial score (nSPS) is 12.0. The zero-order valence-electron chi connectivity index (χ0n) is 77.6. The van der Waals surface area contributed by atoms with Crippen LogP contribution in [0.1, 0.15) is 0 Å². The van der Waals surface area contributed by atoms with Gasteiger partial charge in [0.1, 0.15) is 67.0 Å². The average molecular weight is 1830 g/mol. The second kappa shape index (κ2) is 32.2. The molecule has 0 fully saturated rings. The van der Waals surface area contributed by atoms with E-state index >= 15 is 0 Å². The number of para-hydroxylation sites is 4. The molecule has 0 amide bonds. The standard InChI is InChI=1S/2C48H28O2.C42H24O2/c1-2-12-30-28-45-42(26-29(30)11-1)41-27-33(23-24-44(41)49-45)47-38-18-5-3-16-36(38)46(37-17-4-6-19-39(37)47)32-14-9-13-31(25-32)34-20-10-21-40-35-15-7-8-22-43(35)50-48(34)40;1-2-10-32-28-46-42(25-31(32)9-1)41-27-34(22-24-45(41)50-46)48-38-14-5-3-12-36(38)47(37-13-4-6-15-39(37)48)30-19-17-29(18-20-30)33-21-23-44-40(26-33)35-11-7-8-16-43(35)49-44;1-2-10-26-24-40-36(21-25(26)9-1)35-23-28(18-20-39(35)44-40)42-32-14-5-3-12-30(32)41(31-13-4-6-15-33(31)42)27-17-19-38-34(22-27)29-11-7-8-16-37(29)43-38/h2*1-28H;1-24H. The molecule has 0 aliphatic rings. The Bertz CT molecular complexity index is 10900. The van der Waals surface area contributed by atoms with Crippen molar-refractivity contribution in [2.45, 2.75) is 0 Å². The molecule has 0 radical (unpaired) electrons. The van der Waals surface area contributed by atoms with Crippen molar-refractivity contribution in [1.82, 2.24) is 0 Å². The van der Waals surface area contributed by atoms with Gasteiger partial charge in [0.2, 0.25) is 0 Å². The van der Waals surface area contributed by atoms with Gasteiger partial charge < -0.3 is 26.5 Å². The lowest BCUT2D eigenvalue weighted by atomic mass is 9.85. The Balaban J connectivity index is 0.000000101. The van der Waals surface area contributed by atoms with Crippen LogP contribution in [0.2, 0.25) is 0 Å². The van der Waals surface area contributed by atoms with Crippen LogP contribution in [-0.4, -0.2) is 0 Å². The first-order valence-electron chi connectivity index (χ1n) is 49.2. The van der Waals surface area contributed by atoms with Gasteiger partial charge >= 0.3 is 0 Å². The summed E-state index contributed by atoms with van der Waals surface area (Å²) in [6.45, 7) is 0. The summed E-state index contributed by atoms with van der Waals surface area (Å²) in [6.07, 6.45) is 0. The molecule has 144 heavy (non-hydrogen) atoms. The predicted molar refractivity (Wildman–Crippen MR) is 604 cm³/mol. The van der Waals surface area contributed by atoms with Gasteiger partial charge in [0.25, 0.3) is 0 Å². The highest BCUT2D eigenvalue weighted by Gasteiger charge is 2.26. The van der Waals surface area contributed by atoms with Crippen LogP contribution in [0.15, 0.2) is 512 Å².